The molecule has 5 heteroatoms. The number of aryl methyl sites for hydroxylation is 1. The lowest BCUT2D eigenvalue weighted by atomic mass is 10.2. The summed E-state index contributed by atoms with van der Waals surface area (Å²) < 4.78 is 7.51. The smallest absolute Gasteiger partial charge is 0.239 e. The SMILES string of the molecule is CCCn1cccc1CNC(C)C(=O)N1CCOCC1. The molecule has 1 atom stereocenters. The first-order valence-electron chi connectivity index (χ1n) is 7.46. The van der Waals surface area contributed by atoms with Gasteiger partial charge in [0, 0.05) is 38.1 Å². The van der Waals surface area contributed by atoms with Crippen LogP contribution in [0.25, 0.3) is 0 Å². The first kappa shape index (κ1) is 15.1. The van der Waals surface area contributed by atoms with Gasteiger partial charge in [0.1, 0.15) is 0 Å². The lowest BCUT2D eigenvalue weighted by Gasteiger charge is -2.29. The van der Waals surface area contributed by atoms with E-state index in [0.717, 1.165) is 19.5 Å². The molecule has 0 aromatic carbocycles. The maximum Gasteiger partial charge on any atom is 0.239 e. The zero-order valence-corrected chi connectivity index (χ0v) is 12.5. The molecule has 2 heterocycles. The molecule has 20 heavy (non-hydrogen) atoms. The maximum absolute atomic E-state index is 12.3. The van der Waals surface area contributed by atoms with Crippen LogP contribution in [-0.4, -0.2) is 47.7 Å². The normalized spacial score (nSPS) is 17.2. The van der Waals surface area contributed by atoms with E-state index in [0.29, 0.717) is 26.3 Å². The van der Waals surface area contributed by atoms with Crippen LogP contribution in [0.15, 0.2) is 18.3 Å². The number of nitrogens with one attached hydrogen (secondary N) is 1. The van der Waals surface area contributed by atoms with Crippen molar-refractivity contribution in [1.29, 1.82) is 0 Å². The van der Waals surface area contributed by atoms with Crippen LogP contribution < -0.4 is 5.32 Å². The number of nitrogens with zero attached hydrogens (tertiary/aromatic N) is 2. The van der Waals surface area contributed by atoms with Gasteiger partial charge >= 0.3 is 0 Å². The molecule has 2 rings (SSSR count). The molecule has 0 bridgehead atoms. The van der Waals surface area contributed by atoms with E-state index in [1.807, 2.05) is 11.8 Å². The van der Waals surface area contributed by atoms with Crippen LogP contribution in [0.3, 0.4) is 0 Å². The number of carbonyl (C=O) groups excluding carboxylic acids is 1. The quantitative estimate of drug-likeness (QED) is 0.852. The van der Waals surface area contributed by atoms with Gasteiger partial charge in [-0.25, -0.2) is 0 Å². The van der Waals surface area contributed by atoms with Crippen molar-refractivity contribution in [2.45, 2.75) is 39.4 Å². The molecule has 5 nitrogen and oxygen atoms in total. The highest BCUT2D eigenvalue weighted by molar-refractivity contribution is 5.81. The van der Waals surface area contributed by atoms with E-state index >= 15 is 0 Å². The summed E-state index contributed by atoms with van der Waals surface area (Å²) in [6, 6.07) is 4.01. The van der Waals surface area contributed by atoms with Gasteiger partial charge in [-0.3, -0.25) is 4.79 Å². The van der Waals surface area contributed by atoms with Gasteiger partial charge in [-0.1, -0.05) is 6.92 Å². The Balaban J connectivity index is 1.83. The fourth-order valence-electron chi connectivity index (χ4n) is 2.47. The number of ether oxygens (including phenoxy) is 1. The van der Waals surface area contributed by atoms with Gasteiger partial charge in [0.2, 0.25) is 5.91 Å². The molecule has 112 valence electrons. The number of aromatic nitrogens is 1. The highest BCUT2D eigenvalue weighted by atomic mass is 16.5. The Kier molecular flexibility index (Phi) is 5.61. The Morgan fingerprint density at radius 2 is 2.20 bits per heavy atom. The first-order chi connectivity index (χ1) is 9.72. The molecule has 1 amide bonds. The van der Waals surface area contributed by atoms with Crippen LogP contribution in [-0.2, 0) is 22.6 Å². The standard InChI is InChI=1S/C15H25N3O2/c1-3-6-17-7-4-5-14(17)12-16-13(2)15(19)18-8-10-20-11-9-18/h4-5,7,13,16H,3,6,8-12H2,1-2H3. The molecule has 0 saturated carbocycles. The van der Waals surface area contributed by atoms with E-state index in [-0.39, 0.29) is 11.9 Å². The number of hydrogen-bond donors (Lipinski definition) is 1. The number of carbonyl (C=O) groups is 1. The molecule has 1 aromatic heterocycles. The molecular formula is C15H25N3O2. The van der Waals surface area contributed by atoms with Crippen LogP contribution in [0.5, 0.6) is 0 Å². The van der Waals surface area contributed by atoms with Crippen molar-refractivity contribution in [3.05, 3.63) is 24.0 Å². The van der Waals surface area contributed by atoms with Crippen molar-refractivity contribution in [2.75, 3.05) is 26.3 Å². The van der Waals surface area contributed by atoms with Crippen LogP contribution in [0, 0.1) is 0 Å². The van der Waals surface area contributed by atoms with E-state index in [4.69, 9.17) is 4.74 Å². The predicted octanol–water partition coefficient (Wildman–Crippen LogP) is 1.23. The van der Waals surface area contributed by atoms with Gasteiger partial charge in [0.15, 0.2) is 0 Å². The van der Waals surface area contributed by atoms with Crippen molar-refractivity contribution < 1.29 is 9.53 Å². The van der Waals surface area contributed by atoms with Crippen LogP contribution >= 0.6 is 0 Å². The molecular weight excluding hydrogens is 254 g/mol. The van der Waals surface area contributed by atoms with Gasteiger partial charge in [0.05, 0.1) is 19.3 Å². The minimum absolute atomic E-state index is 0.155. The van der Waals surface area contributed by atoms with E-state index in [1.165, 1.54) is 5.69 Å². The topological polar surface area (TPSA) is 46.5 Å². The Hall–Kier alpha value is -1.33. The molecule has 1 unspecified atom stereocenters. The van der Waals surface area contributed by atoms with Crippen molar-refractivity contribution in [2.24, 2.45) is 0 Å². The number of morpholine rings is 1. The molecule has 1 aliphatic rings. The molecule has 1 aliphatic heterocycles. The van der Waals surface area contributed by atoms with E-state index in [9.17, 15) is 4.79 Å². The van der Waals surface area contributed by atoms with Crippen LogP contribution in [0.1, 0.15) is 26.0 Å². The summed E-state index contributed by atoms with van der Waals surface area (Å²) in [7, 11) is 0. The second-order valence-corrected chi connectivity index (χ2v) is 5.23. The fourth-order valence-corrected chi connectivity index (χ4v) is 2.47. The molecule has 1 fully saturated rings. The second kappa shape index (κ2) is 7.45. The minimum atomic E-state index is -0.155. The summed E-state index contributed by atoms with van der Waals surface area (Å²) in [5.41, 5.74) is 1.23. The number of rotatable bonds is 6. The van der Waals surface area contributed by atoms with E-state index in [1.54, 1.807) is 0 Å². The average molecular weight is 279 g/mol. The lowest BCUT2D eigenvalue weighted by Crippen LogP contribution is -2.49. The summed E-state index contributed by atoms with van der Waals surface area (Å²) in [4.78, 5) is 14.2. The summed E-state index contributed by atoms with van der Waals surface area (Å²) in [5, 5.41) is 3.33. The third-order valence-corrected chi connectivity index (χ3v) is 3.67. The van der Waals surface area contributed by atoms with E-state index < -0.39 is 0 Å². The highest BCUT2D eigenvalue weighted by Gasteiger charge is 2.22. The second-order valence-electron chi connectivity index (χ2n) is 5.23. The van der Waals surface area contributed by atoms with Crippen molar-refractivity contribution in [1.82, 2.24) is 14.8 Å². The summed E-state index contributed by atoms with van der Waals surface area (Å²) in [6.07, 6.45) is 3.21. The number of hydrogen-bond acceptors (Lipinski definition) is 3. The number of amides is 1. The summed E-state index contributed by atoms with van der Waals surface area (Å²) >= 11 is 0. The third kappa shape index (κ3) is 3.84. The zero-order valence-electron chi connectivity index (χ0n) is 12.5. The predicted molar refractivity (Wildman–Crippen MR) is 78.4 cm³/mol. The van der Waals surface area contributed by atoms with E-state index in [2.05, 4.69) is 35.1 Å². The summed E-state index contributed by atoms with van der Waals surface area (Å²) in [6.45, 7) is 8.57. The molecule has 0 spiro atoms. The Labute approximate surface area is 120 Å². The monoisotopic (exact) mass is 279 g/mol. The lowest BCUT2D eigenvalue weighted by molar-refractivity contribution is -0.137. The Morgan fingerprint density at radius 1 is 1.45 bits per heavy atom. The average Bonchev–Trinajstić information content (AvgIpc) is 2.92. The Bertz CT molecular complexity index is 425. The molecule has 1 aromatic rings. The zero-order chi connectivity index (χ0) is 14.4. The molecule has 1 saturated heterocycles. The molecule has 0 radical (unpaired) electrons. The van der Waals surface area contributed by atoms with Crippen molar-refractivity contribution in [3.63, 3.8) is 0 Å². The molecule has 1 N–H and O–H groups in total. The summed E-state index contributed by atoms with van der Waals surface area (Å²) in [5.74, 6) is 0.168. The third-order valence-electron chi connectivity index (χ3n) is 3.67. The highest BCUT2D eigenvalue weighted by Crippen LogP contribution is 2.05. The van der Waals surface area contributed by atoms with Gasteiger partial charge in [-0.15, -0.1) is 0 Å². The minimum Gasteiger partial charge on any atom is -0.378 e. The van der Waals surface area contributed by atoms with Crippen LogP contribution in [0.4, 0.5) is 0 Å². The Morgan fingerprint density at radius 3 is 2.90 bits per heavy atom. The first-order valence-corrected chi connectivity index (χ1v) is 7.46. The maximum atomic E-state index is 12.3. The van der Waals surface area contributed by atoms with Crippen molar-refractivity contribution >= 4 is 5.91 Å². The van der Waals surface area contributed by atoms with Gasteiger partial charge in [-0.05, 0) is 25.5 Å². The largest absolute Gasteiger partial charge is 0.378 e. The van der Waals surface area contributed by atoms with Gasteiger partial charge in [-0.2, -0.15) is 0 Å². The van der Waals surface area contributed by atoms with Crippen LogP contribution in [0.2, 0.25) is 0 Å². The molecule has 0 aliphatic carbocycles. The van der Waals surface area contributed by atoms with Gasteiger partial charge < -0.3 is 19.5 Å². The fraction of sp³-hybridized carbons (Fsp3) is 0.667. The van der Waals surface area contributed by atoms with Crippen molar-refractivity contribution in [3.8, 4) is 0 Å². The van der Waals surface area contributed by atoms with Gasteiger partial charge in [0.25, 0.3) is 0 Å².